The predicted molar refractivity (Wildman–Crippen MR) is 51.0 cm³/mol. The van der Waals surface area contributed by atoms with E-state index in [9.17, 15) is 18.5 Å². The zero-order valence-electron chi connectivity index (χ0n) is 7.45. The number of hydrogen-bond acceptors (Lipinski definition) is 4. The molecule has 1 rings (SSSR count). The topological polar surface area (TPSA) is 77.3 Å². The molecule has 0 bridgehead atoms. The fraction of sp³-hybridized carbons (Fsp3) is 0.250. The number of nitro groups is 1. The van der Waals surface area contributed by atoms with Gasteiger partial charge in [-0.3, -0.25) is 10.1 Å². The zero-order chi connectivity index (χ0) is 10.8. The summed E-state index contributed by atoms with van der Waals surface area (Å²) in [6.07, 6.45) is 0.855. The average molecular weight is 215 g/mol. The van der Waals surface area contributed by atoms with E-state index in [1.54, 1.807) is 18.2 Å². The van der Waals surface area contributed by atoms with Gasteiger partial charge in [0.25, 0.3) is 0 Å². The fourth-order valence-corrected chi connectivity index (χ4v) is 2.11. The van der Waals surface area contributed by atoms with E-state index in [1.165, 1.54) is 12.1 Å². The molecule has 0 amide bonds. The molecule has 1 aromatic carbocycles. The summed E-state index contributed by atoms with van der Waals surface area (Å²) in [7, 11) is -3.72. The first-order chi connectivity index (χ1) is 6.43. The first kappa shape index (κ1) is 10.6. The molecule has 5 nitrogen and oxygen atoms in total. The van der Waals surface area contributed by atoms with Crippen LogP contribution in [0.3, 0.4) is 0 Å². The molecule has 0 N–H and O–H groups in total. The molecule has 0 aliphatic carbocycles. The summed E-state index contributed by atoms with van der Waals surface area (Å²) in [6.45, 7) is 0. The van der Waals surface area contributed by atoms with Crippen molar-refractivity contribution in [3.8, 4) is 0 Å². The van der Waals surface area contributed by atoms with Crippen LogP contribution < -0.4 is 0 Å². The van der Waals surface area contributed by atoms with Gasteiger partial charge in [-0.05, 0) is 0 Å². The quantitative estimate of drug-likeness (QED) is 0.556. The molecule has 0 fully saturated rings. The highest BCUT2D eigenvalue weighted by atomic mass is 32.2. The third kappa shape index (κ3) is 2.29. The van der Waals surface area contributed by atoms with Gasteiger partial charge in [-0.25, -0.2) is 8.42 Å². The third-order valence-corrected chi connectivity index (χ3v) is 2.94. The lowest BCUT2D eigenvalue weighted by Gasteiger charge is -2.06. The molecule has 0 aliphatic heterocycles. The first-order valence-electron chi connectivity index (χ1n) is 3.80. The van der Waals surface area contributed by atoms with Crippen LogP contribution in [0, 0.1) is 10.1 Å². The highest BCUT2D eigenvalue weighted by molar-refractivity contribution is 7.90. The van der Waals surface area contributed by atoms with E-state index in [1.807, 2.05) is 0 Å². The van der Waals surface area contributed by atoms with Crippen molar-refractivity contribution in [3.05, 3.63) is 46.0 Å². The van der Waals surface area contributed by atoms with Gasteiger partial charge < -0.3 is 0 Å². The van der Waals surface area contributed by atoms with Gasteiger partial charge >= 0.3 is 5.37 Å². The maximum absolute atomic E-state index is 11.1. The van der Waals surface area contributed by atoms with E-state index in [0.29, 0.717) is 0 Å². The zero-order valence-corrected chi connectivity index (χ0v) is 8.27. The average Bonchev–Trinajstić information content (AvgIpc) is 2.02. The van der Waals surface area contributed by atoms with Crippen molar-refractivity contribution in [3.63, 3.8) is 0 Å². The van der Waals surface area contributed by atoms with Crippen molar-refractivity contribution in [2.75, 3.05) is 6.26 Å². The van der Waals surface area contributed by atoms with Crippen LogP contribution in [0.1, 0.15) is 10.9 Å². The van der Waals surface area contributed by atoms with Gasteiger partial charge in [0, 0.05) is 16.7 Å². The number of hydrogen-bond donors (Lipinski definition) is 0. The maximum Gasteiger partial charge on any atom is 0.335 e. The highest BCUT2D eigenvalue weighted by Crippen LogP contribution is 2.21. The molecular formula is C8H9NO4S. The largest absolute Gasteiger partial charge is 0.335 e. The molecule has 0 spiro atoms. The van der Waals surface area contributed by atoms with Crippen molar-refractivity contribution in [1.29, 1.82) is 0 Å². The minimum atomic E-state index is -3.72. The van der Waals surface area contributed by atoms with Crippen LogP contribution >= 0.6 is 0 Å². The molecular weight excluding hydrogens is 206 g/mol. The van der Waals surface area contributed by atoms with E-state index in [0.717, 1.165) is 6.26 Å². The Morgan fingerprint density at radius 3 is 2.14 bits per heavy atom. The van der Waals surface area contributed by atoms with Crippen LogP contribution in [0.5, 0.6) is 0 Å². The SMILES string of the molecule is CS(=O)(=O)C(c1ccccc1)[N+](=O)[O-]. The smallest absolute Gasteiger partial charge is 0.263 e. The van der Waals surface area contributed by atoms with Gasteiger partial charge in [0.05, 0.1) is 0 Å². The van der Waals surface area contributed by atoms with E-state index < -0.39 is 20.1 Å². The Kier molecular flexibility index (Phi) is 2.85. The molecule has 0 aromatic heterocycles. The summed E-state index contributed by atoms with van der Waals surface area (Å²) in [5.41, 5.74) is 0.181. The molecule has 76 valence electrons. The molecule has 14 heavy (non-hydrogen) atoms. The predicted octanol–water partition coefficient (Wildman–Crippen LogP) is 1.01. The summed E-state index contributed by atoms with van der Waals surface area (Å²) in [6, 6.07) is 7.65. The molecule has 0 saturated carbocycles. The fourth-order valence-electron chi connectivity index (χ4n) is 1.14. The van der Waals surface area contributed by atoms with Gasteiger partial charge in [-0.1, -0.05) is 30.3 Å². The van der Waals surface area contributed by atoms with E-state index in [-0.39, 0.29) is 5.56 Å². The summed E-state index contributed by atoms with van der Waals surface area (Å²) in [4.78, 5) is 9.77. The van der Waals surface area contributed by atoms with Crippen molar-refractivity contribution in [2.45, 2.75) is 5.37 Å². The molecule has 1 aromatic rings. The van der Waals surface area contributed by atoms with Crippen LogP contribution in [0.4, 0.5) is 0 Å². The normalized spacial score (nSPS) is 13.5. The second kappa shape index (κ2) is 3.75. The van der Waals surface area contributed by atoms with Crippen LogP contribution in [0.2, 0.25) is 0 Å². The van der Waals surface area contributed by atoms with Gasteiger partial charge in [0.2, 0.25) is 9.84 Å². The number of rotatable bonds is 3. The molecule has 0 saturated heterocycles. The van der Waals surface area contributed by atoms with Gasteiger partial charge in [0.15, 0.2) is 0 Å². The Balaban J connectivity index is 3.22. The lowest BCUT2D eigenvalue weighted by atomic mass is 10.2. The summed E-state index contributed by atoms with van der Waals surface area (Å²) in [5, 5.41) is 8.91. The Bertz CT molecular complexity index is 426. The Morgan fingerprint density at radius 1 is 1.29 bits per heavy atom. The standard InChI is InChI=1S/C8H9NO4S/c1-14(12,13)8(9(10)11)7-5-3-2-4-6-7/h2-6,8H,1H3. The lowest BCUT2D eigenvalue weighted by molar-refractivity contribution is -0.502. The third-order valence-electron chi connectivity index (χ3n) is 1.68. The molecule has 6 heteroatoms. The second-order valence-corrected chi connectivity index (χ2v) is 4.98. The van der Waals surface area contributed by atoms with E-state index in [2.05, 4.69) is 0 Å². The minimum absolute atomic E-state index is 0.181. The highest BCUT2D eigenvalue weighted by Gasteiger charge is 2.33. The molecule has 1 atom stereocenters. The van der Waals surface area contributed by atoms with Gasteiger partial charge in [0.1, 0.15) is 0 Å². The Morgan fingerprint density at radius 2 is 1.79 bits per heavy atom. The number of nitrogens with zero attached hydrogens (tertiary/aromatic N) is 1. The Hall–Kier alpha value is -1.43. The van der Waals surface area contributed by atoms with Gasteiger partial charge in [-0.2, -0.15) is 0 Å². The molecule has 0 heterocycles. The number of benzene rings is 1. The van der Waals surface area contributed by atoms with Crippen LogP contribution in [-0.4, -0.2) is 19.6 Å². The van der Waals surface area contributed by atoms with Crippen molar-refractivity contribution < 1.29 is 13.3 Å². The van der Waals surface area contributed by atoms with Crippen molar-refractivity contribution in [1.82, 2.24) is 0 Å². The van der Waals surface area contributed by atoms with Crippen molar-refractivity contribution in [2.24, 2.45) is 0 Å². The Labute approximate surface area is 81.4 Å². The molecule has 1 unspecified atom stereocenters. The van der Waals surface area contributed by atoms with Crippen LogP contribution in [0.15, 0.2) is 30.3 Å². The summed E-state index contributed by atoms with van der Waals surface area (Å²) >= 11 is 0. The van der Waals surface area contributed by atoms with E-state index >= 15 is 0 Å². The van der Waals surface area contributed by atoms with E-state index in [4.69, 9.17) is 0 Å². The van der Waals surface area contributed by atoms with Gasteiger partial charge in [-0.15, -0.1) is 0 Å². The second-order valence-electron chi connectivity index (χ2n) is 2.88. The maximum atomic E-state index is 11.1. The molecule has 0 aliphatic rings. The lowest BCUT2D eigenvalue weighted by Crippen LogP contribution is -2.19. The molecule has 0 radical (unpaired) electrons. The minimum Gasteiger partial charge on any atom is -0.263 e. The number of sulfone groups is 1. The monoisotopic (exact) mass is 215 g/mol. The van der Waals surface area contributed by atoms with Crippen LogP contribution in [-0.2, 0) is 9.84 Å². The van der Waals surface area contributed by atoms with Crippen molar-refractivity contribution >= 4 is 9.84 Å². The summed E-state index contributed by atoms with van der Waals surface area (Å²) < 4.78 is 22.3. The van der Waals surface area contributed by atoms with Crippen LogP contribution in [0.25, 0.3) is 0 Å². The first-order valence-corrected chi connectivity index (χ1v) is 5.75. The summed E-state index contributed by atoms with van der Waals surface area (Å²) in [5.74, 6) is 0.